The third-order valence-corrected chi connectivity index (χ3v) is 3.56. The minimum Gasteiger partial charge on any atom is -0.461 e. The van der Waals surface area contributed by atoms with Crippen LogP contribution in [-0.2, 0) is 11.3 Å². The Morgan fingerprint density at radius 1 is 1.30 bits per heavy atom. The maximum atomic E-state index is 11.9. The molecule has 1 N–H and O–H groups in total. The second kappa shape index (κ2) is 8.43. The fourth-order valence-corrected chi connectivity index (χ4v) is 2.41. The molecule has 0 fully saturated rings. The lowest BCUT2D eigenvalue weighted by Crippen LogP contribution is -2.18. The number of ether oxygens (including phenoxy) is 1. The van der Waals surface area contributed by atoms with E-state index in [1.165, 1.54) is 18.4 Å². The van der Waals surface area contributed by atoms with Crippen molar-refractivity contribution in [1.29, 1.82) is 0 Å². The molecule has 23 heavy (non-hydrogen) atoms. The molecule has 2 aromatic rings. The van der Waals surface area contributed by atoms with Gasteiger partial charge in [-0.2, -0.15) is 10.3 Å². The summed E-state index contributed by atoms with van der Waals surface area (Å²) < 4.78 is 5.02. The molecule has 0 unspecified atom stereocenters. The van der Waals surface area contributed by atoms with Crippen molar-refractivity contribution < 1.29 is 9.53 Å². The molecule has 0 aliphatic carbocycles. The number of nitrogens with one attached hydrogen (secondary N) is 1. The number of carbonyl (C=O) groups is 1. The van der Waals surface area contributed by atoms with E-state index in [4.69, 9.17) is 4.74 Å². The molecule has 0 spiro atoms. The highest BCUT2D eigenvalue weighted by Crippen LogP contribution is 2.22. The van der Waals surface area contributed by atoms with Crippen molar-refractivity contribution in [2.75, 3.05) is 20.2 Å². The normalized spacial score (nSPS) is 11.0. The summed E-state index contributed by atoms with van der Waals surface area (Å²) in [6, 6.07) is 8.02. The summed E-state index contributed by atoms with van der Waals surface area (Å²) >= 11 is 0. The standard InChI is InChI=1S/C17H24N4O2/c1-4-6-10-21(3)12-13-8-7-9-14(11-13)15-16(19-20-18-15)17(22)23-5-2/h7-9,11H,4-6,10,12H2,1-3H3,(H,18,19,20). The summed E-state index contributed by atoms with van der Waals surface area (Å²) in [7, 11) is 2.11. The van der Waals surface area contributed by atoms with E-state index < -0.39 is 5.97 Å². The summed E-state index contributed by atoms with van der Waals surface area (Å²) in [5.41, 5.74) is 2.80. The fourth-order valence-electron chi connectivity index (χ4n) is 2.41. The zero-order valence-electron chi connectivity index (χ0n) is 14.0. The molecule has 0 atom stereocenters. The lowest BCUT2D eigenvalue weighted by atomic mass is 10.1. The van der Waals surface area contributed by atoms with Crippen LogP contribution < -0.4 is 0 Å². The average Bonchev–Trinajstić information content (AvgIpc) is 3.03. The maximum absolute atomic E-state index is 11.9. The van der Waals surface area contributed by atoms with E-state index in [0.29, 0.717) is 12.3 Å². The number of esters is 1. The Morgan fingerprint density at radius 2 is 2.13 bits per heavy atom. The van der Waals surface area contributed by atoms with Gasteiger partial charge in [-0.15, -0.1) is 5.10 Å². The fraction of sp³-hybridized carbons (Fsp3) is 0.471. The van der Waals surface area contributed by atoms with Crippen molar-refractivity contribution in [3.63, 3.8) is 0 Å². The van der Waals surface area contributed by atoms with E-state index in [0.717, 1.165) is 18.7 Å². The van der Waals surface area contributed by atoms with Crippen molar-refractivity contribution >= 4 is 5.97 Å². The molecule has 0 radical (unpaired) electrons. The third kappa shape index (κ3) is 4.63. The molecule has 1 aromatic heterocycles. The molecule has 0 saturated heterocycles. The van der Waals surface area contributed by atoms with Crippen molar-refractivity contribution in [3.05, 3.63) is 35.5 Å². The highest BCUT2D eigenvalue weighted by Gasteiger charge is 2.19. The van der Waals surface area contributed by atoms with Crippen LogP contribution in [0.5, 0.6) is 0 Å². The van der Waals surface area contributed by atoms with Crippen LogP contribution in [0.1, 0.15) is 42.7 Å². The number of unbranched alkanes of at least 4 members (excludes halogenated alkanes) is 1. The van der Waals surface area contributed by atoms with E-state index in [2.05, 4.69) is 40.3 Å². The van der Waals surface area contributed by atoms with Gasteiger partial charge >= 0.3 is 5.97 Å². The van der Waals surface area contributed by atoms with E-state index in [1.54, 1.807) is 6.92 Å². The minimum absolute atomic E-state index is 0.225. The molecule has 124 valence electrons. The monoisotopic (exact) mass is 316 g/mol. The van der Waals surface area contributed by atoms with Crippen LogP contribution in [0, 0.1) is 0 Å². The number of nitrogens with zero attached hydrogens (tertiary/aromatic N) is 3. The molecule has 2 rings (SSSR count). The maximum Gasteiger partial charge on any atom is 0.361 e. The number of hydrogen-bond acceptors (Lipinski definition) is 5. The van der Waals surface area contributed by atoms with Gasteiger partial charge in [0.1, 0.15) is 5.69 Å². The molecular weight excluding hydrogens is 292 g/mol. The minimum atomic E-state index is -0.457. The largest absolute Gasteiger partial charge is 0.461 e. The lowest BCUT2D eigenvalue weighted by Gasteiger charge is -2.16. The summed E-state index contributed by atoms with van der Waals surface area (Å²) in [5, 5.41) is 10.5. The van der Waals surface area contributed by atoms with Crippen LogP contribution in [-0.4, -0.2) is 46.5 Å². The Morgan fingerprint density at radius 3 is 2.87 bits per heavy atom. The van der Waals surface area contributed by atoms with Gasteiger partial charge in [0.15, 0.2) is 5.69 Å². The molecule has 0 aliphatic rings. The highest BCUT2D eigenvalue weighted by molar-refractivity contribution is 5.93. The second-order valence-electron chi connectivity index (χ2n) is 5.53. The van der Waals surface area contributed by atoms with Crippen LogP contribution in [0.15, 0.2) is 24.3 Å². The van der Waals surface area contributed by atoms with Gasteiger partial charge in [-0.05, 0) is 38.6 Å². The van der Waals surface area contributed by atoms with Crippen molar-refractivity contribution in [2.24, 2.45) is 0 Å². The zero-order chi connectivity index (χ0) is 16.7. The number of H-pyrrole nitrogens is 1. The van der Waals surface area contributed by atoms with Gasteiger partial charge in [-0.1, -0.05) is 31.5 Å². The zero-order valence-corrected chi connectivity index (χ0v) is 14.0. The smallest absolute Gasteiger partial charge is 0.361 e. The van der Waals surface area contributed by atoms with E-state index in [1.807, 2.05) is 18.2 Å². The van der Waals surface area contributed by atoms with E-state index in [9.17, 15) is 4.79 Å². The molecule has 1 heterocycles. The number of carbonyl (C=O) groups excluding carboxylic acids is 1. The van der Waals surface area contributed by atoms with Gasteiger partial charge in [-0.25, -0.2) is 4.79 Å². The Balaban J connectivity index is 2.17. The SMILES string of the molecule is CCCCN(C)Cc1cccc(-c2n[nH]nc2C(=O)OCC)c1. The predicted molar refractivity (Wildman–Crippen MR) is 89.0 cm³/mol. The van der Waals surface area contributed by atoms with E-state index in [-0.39, 0.29) is 5.69 Å². The van der Waals surface area contributed by atoms with Crippen LogP contribution in [0.2, 0.25) is 0 Å². The molecule has 6 heteroatoms. The summed E-state index contributed by atoms with van der Waals surface area (Å²) in [5.74, 6) is -0.457. The Kier molecular flexibility index (Phi) is 6.29. The first-order chi connectivity index (χ1) is 11.2. The molecule has 0 bridgehead atoms. The van der Waals surface area contributed by atoms with Crippen LogP contribution in [0.25, 0.3) is 11.3 Å². The third-order valence-electron chi connectivity index (χ3n) is 3.56. The van der Waals surface area contributed by atoms with Crippen molar-refractivity contribution in [2.45, 2.75) is 33.2 Å². The number of benzene rings is 1. The first-order valence-corrected chi connectivity index (χ1v) is 8.01. The van der Waals surface area contributed by atoms with Crippen LogP contribution >= 0.6 is 0 Å². The molecular formula is C17H24N4O2. The molecule has 6 nitrogen and oxygen atoms in total. The number of aromatic amines is 1. The molecule has 0 aliphatic heterocycles. The summed E-state index contributed by atoms with van der Waals surface area (Å²) in [6.07, 6.45) is 2.37. The Bertz CT molecular complexity index is 639. The lowest BCUT2D eigenvalue weighted by molar-refractivity contribution is 0.0520. The Labute approximate surface area is 136 Å². The first kappa shape index (κ1) is 17.1. The van der Waals surface area contributed by atoms with Crippen LogP contribution in [0.4, 0.5) is 0 Å². The average molecular weight is 316 g/mol. The number of rotatable bonds is 8. The quantitative estimate of drug-likeness (QED) is 0.758. The van der Waals surface area contributed by atoms with Gasteiger partial charge in [0.05, 0.1) is 6.61 Å². The molecule has 0 amide bonds. The van der Waals surface area contributed by atoms with Gasteiger partial charge in [0.25, 0.3) is 0 Å². The first-order valence-electron chi connectivity index (χ1n) is 8.01. The van der Waals surface area contributed by atoms with Crippen LogP contribution in [0.3, 0.4) is 0 Å². The highest BCUT2D eigenvalue weighted by atomic mass is 16.5. The van der Waals surface area contributed by atoms with Gasteiger partial charge in [0.2, 0.25) is 0 Å². The predicted octanol–water partition coefficient (Wildman–Crippen LogP) is 2.88. The van der Waals surface area contributed by atoms with Crippen molar-refractivity contribution in [3.8, 4) is 11.3 Å². The second-order valence-corrected chi connectivity index (χ2v) is 5.53. The number of aromatic nitrogens is 3. The van der Waals surface area contributed by atoms with Gasteiger partial charge < -0.3 is 9.64 Å². The molecule has 1 aromatic carbocycles. The van der Waals surface area contributed by atoms with Gasteiger partial charge in [-0.3, -0.25) is 0 Å². The summed E-state index contributed by atoms with van der Waals surface area (Å²) in [4.78, 5) is 14.2. The van der Waals surface area contributed by atoms with Crippen molar-refractivity contribution in [1.82, 2.24) is 20.3 Å². The Hall–Kier alpha value is -2.21. The topological polar surface area (TPSA) is 71.1 Å². The van der Waals surface area contributed by atoms with E-state index >= 15 is 0 Å². The number of hydrogen-bond donors (Lipinski definition) is 1. The summed E-state index contributed by atoms with van der Waals surface area (Å²) in [6.45, 7) is 6.20. The van der Waals surface area contributed by atoms with Gasteiger partial charge in [0, 0.05) is 12.1 Å². The molecule has 0 saturated carbocycles.